The van der Waals surface area contributed by atoms with Crippen molar-refractivity contribution in [3.8, 4) is 0 Å². The van der Waals surface area contributed by atoms with Crippen molar-refractivity contribution >= 4 is 11.8 Å². The number of carbonyl (C=O) groups is 2. The predicted molar refractivity (Wildman–Crippen MR) is 61.0 cm³/mol. The van der Waals surface area contributed by atoms with Crippen LogP contribution in [0.2, 0.25) is 0 Å². The predicted octanol–water partition coefficient (Wildman–Crippen LogP) is -1.86. The molecule has 6 nitrogen and oxygen atoms in total. The van der Waals surface area contributed by atoms with Crippen molar-refractivity contribution in [3.63, 3.8) is 0 Å². The molecule has 1 rings (SSSR count). The number of likely N-dealkylation sites (N-methyl/N-ethyl adjacent to an activating group) is 1. The van der Waals surface area contributed by atoms with E-state index in [-0.39, 0.29) is 18.4 Å². The summed E-state index contributed by atoms with van der Waals surface area (Å²) in [6.45, 7) is 6.49. The van der Waals surface area contributed by atoms with Crippen molar-refractivity contribution in [2.75, 3.05) is 45.8 Å². The van der Waals surface area contributed by atoms with E-state index in [0.29, 0.717) is 13.1 Å². The van der Waals surface area contributed by atoms with Gasteiger partial charge in [-0.05, 0) is 6.92 Å². The van der Waals surface area contributed by atoms with Crippen LogP contribution in [-0.4, -0.2) is 62.5 Å². The van der Waals surface area contributed by atoms with Crippen LogP contribution < -0.4 is 16.0 Å². The van der Waals surface area contributed by atoms with E-state index < -0.39 is 0 Å². The standard InChI is InChI=1S/C10H20N4O2/c1-2-12-9(15)7-13-10(16)8-14-5-3-11-4-6-14/h11H,2-8H2,1H3,(H,12,15)(H,13,16). The minimum atomic E-state index is -0.142. The summed E-state index contributed by atoms with van der Waals surface area (Å²) < 4.78 is 0. The van der Waals surface area contributed by atoms with Crippen LogP contribution in [-0.2, 0) is 9.59 Å². The highest BCUT2D eigenvalue weighted by Crippen LogP contribution is 1.90. The molecule has 0 aromatic carbocycles. The second-order valence-corrected chi connectivity index (χ2v) is 3.76. The molecule has 0 atom stereocenters. The molecule has 0 unspecified atom stereocenters. The molecule has 0 radical (unpaired) electrons. The molecular formula is C10H20N4O2. The molecular weight excluding hydrogens is 208 g/mol. The second kappa shape index (κ2) is 7.19. The summed E-state index contributed by atoms with van der Waals surface area (Å²) in [5.41, 5.74) is 0. The maximum absolute atomic E-state index is 11.5. The molecule has 92 valence electrons. The topological polar surface area (TPSA) is 73.5 Å². The fourth-order valence-corrected chi connectivity index (χ4v) is 1.57. The van der Waals surface area contributed by atoms with Crippen LogP contribution in [0, 0.1) is 0 Å². The Morgan fingerprint density at radius 3 is 2.50 bits per heavy atom. The van der Waals surface area contributed by atoms with Gasteiger partial charge in [0.05, 0.1) is 13.1 Å². The molecule has 0 aliphatic carbocycles. The third-order valence-corrected chi connectivity index (χ3v) is 2.40. The largest absolute Gasteiger partial charge is 0.355 e. The van der Waals surface area contributed by atoms with E-state index in [1.165, 1.54) is 0 Å². The van der Waals surface area contributed by atoms with Crippen molar-refractivity contribution < 1.29 is 9.59 Å². The van der Waals surface area contributed by atoms with Gasteiger partial charge in [-0.15, -0.1) is 0 Å². The first-order valence-corrected chi connectivity index (χ1v) is 5.69. The minimum absolute atomic E-state index is 0.0682. The number of hydrogen-bond acceptors (Lipinski definition) is 4. The molecule has 3 N–H and O–H groups in total. The van der Waals surface area contributed by atoms with Gasteiger partial charge in [-0.25, -0.2) is 0 Å². The van der Waals surface area contributed by atoms with Crippen LogP contribution in [0.4, 0.5) is 0 Å². The Morgan fingerprint density at radius 1 is 1.19 bits per heavy atom. The molecule has 1 aliphatic heterocycles. The fourth-order valence-electron chi connectivity index (χ4n) is 1.57. The van der Waals surface area contributed by atoms with Gasteiger partial charge in [0, 0.05) is 32.7 Å². The fraction of sp³-hybridized carbons (Fsp3) is 0.800. The molecule has 1 heterocycles. The monoisotopic (exact) mass is 228 g/mol. The first-order valence-electron chi connectivity index (χ1n) is 5.69. The highest BCUT2D eigenvalue weighted by Gasteiger charge is 2.13. The van der Waals surface area contributed by atoms with Gasteiger partial charge in [0.2, 0.25) is 11.8 Å². The summed E-state index contributed by atoms with van der Waals surface area (Å²) in [6.07, 6.45) is 0. The SMILES string of the molecule is CCNC(=O)CNC(=O)CN1CCNCC1. The molecule has 0 saturated carbocycles. The third-order valence-electron chi connectivity index (χ3n) is 2.40. The zero-order chi connectivity index (χ0) is 11.8. The van der Waals surface area contributed by atoms with Crippen LogP contribution in [0.5, 0.6) is 0 Å². The average molecular weight is 228 g/mol. The number of carbonyl (C=O) groups excluding carboxylic acids is 2. The van der Waals surface area contributed by atoms with Gasteiger partial charge in [0.15, 0.2) is 0 Å². The van der Waals surface area contributed by atoms with E-state index in [4.69, 9.17) is 0 Å². The number of rotatable bonds is 5. The highest BCUT2D eigenvalue weighted by atomic mass is 16.2. The number of nitrogens with one attached hydrogen (secondary N) is 3. The average Bonchev–Trinajstić information content (AvgIpc) is 2.28. The maximum atomic E-state index is 11.5. The Morgan fingerprint density at radius 2 is 1.88 bits per heavy atom. The van der Waals surface area contributed by atoms with Gasteiger partial charge < -0.3 is 16.0 Å². The van der Waals surface area contributed by atoms with Gasteiger partial charge >= 0.3 is 0 Å². The molecule has 0 spiro atoms. The number of nitrogens with zero attached hydrogens (tertiary/aromatic N) is 1. The molecule has 0 bridgehead atoms. The number of piperazine rings is 1. The van der Waals surface area contributed by atoms with Gasteiger partial charge in [-0.2, -0.15) is 0 Å². The normalized spacial score (nSPS) is 16.8. The van der Waals surface area contributed by atoms with Crippen molar-refractivity contribution in [2.45, 2.75) is 6.92 Å². The smallest absolute Gasteiger partial charge is 0.239 e. The van der Waals surface area contributed by atoms with Crippen molar-refractivity contribution in [1.29, 1.82) is 0 Å². The van der Waals surface area contributed by atoms with E-state index in [1.54, 1.807) is 0 Å². The molecule has 0 aromatic heterocycles. The Labute approximate surface area is 95.8 Å². The van der Waals surface area contributed by atoms with Crippen molar-refractivity contribution in [2.24, 2.45) is 0 Å². The maximum Gasteiger partial charge on any atom is 0.239 e. The van der Waals surface area contributed by atoms with Crippen LogP contribution in [0.15, 0.2) is 0 Å². The summed E-state index contributed by atoms with van der Waals surface area (Å²) in [4.78, 5) is 24.6. The zero-order valence-electron chi connectivity index (χ0n) is 9.71. The number of hydrogen-bond donors (Lipinski definition) is 3. The van der Waals surface area contributed by atoms with E-state index in [0.717, 1.165) is 26.2 Å². The Bertz CT molecular complexity index is 239. The van der Waals surface area contributed by atoms with E-state index in [2.05, 4.69) is 20.9 Å². The molecule has 0 aromatic rings. The Hall–Kier alpha value is -1.14. The zero-order valence-corrected chi connectivity index (χ0v) is 9.71. The Kier molecular flexibility index (Phi) is 5.81. The molecule has 2 amide bonds. The van der Waals surface area contributed by atoms with Gasteiger partial charge in [0.1, 0.15) is 0 Å². The molecule has 16 heavy (non-hydrogen) atoms. The summed E-state index contributed by atoms with van der Waals surface area (Å²) in [7, 11) is 0. The van der Waals surface area contributed by atoms with Crippen LogP contribution in [0.25, 0.3) is 0 Å². The van der Waals surface area contributed by atoms with Gasteiger partial charge in [0.25, 0.3) is 0 Å². The Balaban J connectivity index is 2.12. The van der Waals surface area contributed by atoms with Crippen molar-refractivity contribution in [3.05, 3.63) is 0 Å². The summed E-state index contributed by atoms with van der Waals surface area (Å²) in [5.74, 6) is -0.232. The summed E-state index contributed by atoms with van der Waals surface area (Å²) in [5, 5.41) is 8.45. The van der Waals surface area contributed by atoms with Gasteiger partial charge in [-0.3, -0.25) is 14.5 Å². The summed E-state index contributed by atoms with van der Waals surface area (Å²) in [6, 6.07) is 0. The molecule has 1 aliphatic rings. The lowest BCUT2D eigenvalue weighted by molar-refractivity contribution is -0.126. The lowest BCUT2D eigenvalue weighted by Crippen LogP contribution is -2.48. The lowest BCUT2D eigenvalue weighted by Gasteiger charge is -2.26. The van der Waals surface area contributed by atoms with Crippen LogP contribution in [0.1, 0.15) is 6.92 Å². The van der Waals surface area contributed by atoms with Crippen LogP contribution >= 0.6 is 0 Å². The first-order chi connectivity index (χ1) is 7.72. The van der Waals surface area contributed by atoms with E-state index >= 15 is 0 Å². The molecule has 1 saturated heterocycles. The lowest BCUT2D eigenvalue weighted by atomic mass is 10.3. The number of amides is 2. The first kappa shape index (κ1) is 12.9. The van der Waals surface area contributed by atoms with Crippen LogP contribution in [0.3, 0.4) is 0 Å². The second-order valence-electron chi connectivity index (χ2n) is 3.76. The molecule has 1 fully saturated rings. The van der Waals surface area contributed by atoms with E-state index in [9.17, 15) is 9.59 Å². The minimum Gasteiger partial charge on any atom is -0.355 e. The van der Waals surface area contributed by atoms with Gasteiger partial charge in [-0.1, -0.05) is 0 Å². The third kappa shape index (κ3) is 5.09. The van der Waals surface area contributed by atoms with E-state index in [1.807, 2.05) is 6.92 Å². The molecule has 6 heteroatoms. The van der Waals surface area contributed by atoms with Crippen molar-refractivity contribution in [1.82, 2.24) is 20.9 Å². The highest BCUT2D eigenvalue weighted by molar-refractivity contribution is 5.85. The summed E-state index contributed by atoms with van der Waals surface area (Å²) >= 11 is 0. The quantitative estimate of drug-likeness (QED) is 0.516.